The minimum Gasteiger partial charge on any atom is -0.468 e. The van der Waals surface area contributed by atoms with Crippen LogP contribution in [0.2, 0.25) is 0 Å². The lowest BCUT2D eigenvalue weighted by Gasteiger charge is -2.30. The molecular weight excluding hydrogens is 368 g/mol. The van der Waals surface area contributed by atoms with E-state index in [1.807, 2.05) is 24.3 Å². The number of esters is 1. The fourth-order valence-electron chi connectivity index (χ4n) is 3.21. The second-order valence-electron chi connectivity index (χ2n) is 6.48. The molecular formula is C19H22N2O5S. The van der Waals surface area contributed by atoms with Crippen molar-refractivity contribution >= 4 is 32.7 Å². The molecule has 0 aliphatic carbocycles. The normalized spacial score (nSPS) is 16.2. The molecule has 0 radical (unpaired) electrons. The molecule has 1 aliphatic heterocycles. The van der Waals surface area contributed by atoms with Crippen molar-refractivity contribution in [2.24, 2.45) is 5.92 Å². The average Bonchev–Trinajstić information content (AvgIpc) is 2.71. The molecule has 27 heavy (non-hydrogen) atoms. The fourth-order valence-corrected chi connectivity index (χ4v) is 4.72. The molecule has 2 aromatic carbocycles. The first-order valence-corrected chi connectivity index (χ1v) is 10.2. The van der Waals surface area contributed by atoms with E-state index in [0.717, 1.165) is 10.8 Å². The number of carbonyl (C=O) groups is 2. The van der Waals surface area contributed by atoms with Crippen LogP contribution < -0.4 is 5.32 Å². The van der Waals surface area contributed by atoms with Gasteiger partial charge in [0.15, 0.2) is 0 Å². The molecule has 1 fully saturated rings. The average molecular weight is 390 g/mol. The summed E-state index contributed by atoms with van der Waals surface area (Å²) in [5.41, 5.74) is 0. The summed E-state index contributed by atoms with van der Waals surface area (Å²) in [4.78, 5) is 23.5. The van der Waals surface area contributed by atoms with Gasteiger partial charge in [-0.15, -0.1) is 0 Å². The van der Waals surface area contributed by atoms with Crippen molar-refractivity contribution in [1.82, 2.24) is 9.62 Å². The van der Waals surface area contributed by atoms with Gasteiger partial charge in [-0.25, -0.2) is 8.42 Å². The topological polar surface area (TPSA) is 92.8 Å². The third kappa shape index (κ3) is 4.28. The maximum absolute atomic E-state index is 12.9. The molecule has 1 N–H and O–H groups in total. The highest BCUT2D eigenvalue weighted by molar-refractivity contribution is 7.89. The van der Waals surface area contributed by atoms with Crippen molar-refractivity contribution in [1.29, 1.82) is 0 Å². The summed E-state index contributed by atoms with van der Waals surface area (Å²) in [6.07, 6.45) is 0.833. The Kier molecular flexibility index (Phi) is 5.76. The van der Waals surface area contributed by atoms with E-state index in [2.05, 4.69) is 10.1 Å². The number of rotatable bonds is 5. The molecule has 0 aromatic heterocycles. The summed E-state index contributed by atoms with van der Waals surface area (Å²) >= 11 is 0. The Hall–Kier alpha value is -2.45. The molecule has 0 atom stereocenters. The van der Waals surface area contributed by atoms with E-state index >= 15 is 0 Å². The van der Waals surface area contributed by atoms with Gasteiger partial charge in [0.05, 0.1) is 12.0 Å². The molecule has 144 valence electrons. The minimum absolute atomic E-state index is 0.176. The van der Waals surface area contributed by atoms with Crippen LogP contribution in [0.1, 0.15) is 12.8 Å². The van der Waals surface area contributed by atoms with E-state index in [9.17, 15) is 18.0 Å². The molecule has 2 aromatic rings. The van der Waals surface area contributed by atoms with Crippen molar-refractivity contribution in [3.05, 3.63) is 42.5 Å². The molecule has 0 bridgehead atoms. The van der Waals surface area contributed by atoms with E-state index in [4.69, 9.17) is 0 Å². The van der Waals surface area contributed by atoms with Crippen molar-refractivity contribution in [2.45, 2.75) is 17.7 Å². The second-order valence-corrected chi connectivity index (χ2v) is 8.42. The monoisotopic (exact) mass is 390 g/mol. The zero-order valence-corrected chi connectivity index (χ0v) is 15.9. The van der Waals surface area contributed by atoms with E-state index in [1.54, 1.807) is 18.2 Å². The Morgan fingerprint density at radius 3 is 2.44 bits per heavy atom. The van der Waals surface area contributed by atoms with E-state index in [1.165, 1.54) is 11.4 Å². The summed E-state index contributed by atoms with van der Waals surface area (Å²) in [5, 5.41) is 4.38. The van der Waals surface area contributed by atoms with Crippen LogP contribution in [-0.4, -0.2) is 51.3 Å². The number of nitrogens with zero attached hydrogens (tertiary/aromatic N) is 1. The number of piperidine rings is 1. The molecule has 8 heteroatoms. The number of hydrogen-bond acceptors (Lipinski definition) is 5. The number of fused-ring (bicyclic) bond motifs is 1. The number of benzene rings is 2. The van der Waals surface area contributed by atoms with Crippen LogP contribution in [0, 0.1) is 5.92 Å². The van der Waals surface area contributed by atoms with E-state index < -0.39 is 16.0 Å². The molecule has 1 aliphatic rings. The number of hydrogen-bond donors (Lipinski definition) is 1. The summed E-state index contributed by atoms with van der Waals surface area (Å²) in [5.74, 6) is -1.07. The van der Waals surface area contributed by atoms with Crippen LogP contribution >= 0.6 is 0 Å². The van der Waals surface area contributed by atoms with Crippen molar-refractivity contribution in [3.8, 4) is 0 Å². The summed E-state index contributed by atoms with van der Waals surface area (Å²) < 4.78 is 31.8. The number of nitrogens with one attached hydrogen (secondary N) is 1. The van der Waals surface area contributed by atoms with Crippen LogP contribution in [0.3, 0.4) is 0 Å². The zero-order valence-electron chi connectivity index (χ0n) is 15.1. The SMILES string of the molecule is COC(=O)CNC(=O)C1CCN(S(=O)(=O)c2ccc3ccccc3c2)CC1. The third-order valence-corrected chi connectivity index (χ3v) is 6.71. The molecule has 3 rings (SSSR count). The Labute approximate surface area is 158 Å². The molecule has 1 heterocycles. The van der Waals surface area contributed by atoms with Crippen LogP contribution in [0.15, 0.2) is 47.4 Å². The van der Waals surface area contributed by atoms with Crippen LogP contribution in [0.5, 0.6) is 0 Å². The number of methoxy groups -OCH3 is 1. The lowest BCUT2D eigenvalue weighted by molar-refractivity contribution is -0.141. The smallest absolute Gasteiger partial charge is 0.325 e. The second kappa shape index (κ2) is 8.06. The Bertz CT molecular complexity index is 949. The first-order chi connectivity index (χ1) is 12.9. The lowest BCUT2D eigenvalue weighted by atomic mass is 9.97. The Balaban J connectivity index is 1.65. The van der Waals surface area contributed by atoms with Crippen LogP contribution in [0.4, 0.5) is 0 Å². The summed E-state index contributed by atoms with van der Waals surface area (Å²) in [7, 11) is -2.35. The van der Waals surface area contributed by atoms with Gasteiger partial charge in [0.25, 0.3) is 0 Å². The van der Waals surface area contributed by atoms with E-state index in [-0.39, 0.29) is 36.4 Å². The van der Waals surface area contributed by atoms with Gasteiger partial charge in [-0.2, -0.15) is 4.31 Å². The van der Waals surface area contributed by atoms with Gasteiger partial charge in [0.2, 0.25) is 15.9 Å². The predicted octanol–water partition coefficient (Wildman–Crippen LogP) is 1.53. The van der Waals surface area contributed by atoms with Gasteiger partial charge in [-0.05, 0) is 35.7 Å². The highest BCUT2D eigenvalue weighted by Gasteiger charge is 2.32. The quantitative estimate of drug-likeness (QED) is 0.782. The first-order valence-electron chi connectivity index (χ1n) is 8.75. The summed E-state index contributed by atoms with van der Waals surface area (Å²) in [6, 6.07) is 12.7. The molecule has 0 unspecified atom stereocenters. The highest BCUT2D eigenvalue weighted by atomic mass is 32.2. The van der Waals surface area contributed by atoms with E-state index in [0.29, 0.717) is 12.8 Å². The molecule has 0 spiro atoms. The molecule has 1 amide bonds. The fraction of sp³-hybridized carbons (Fsp3) is 0.368. The first kappa shape index (κ1) is 19.3. The molecule has 7 nitrogen and oxygen atoms in total. The van der Waals surface area contributed by atoms with Crippen molar-refractivity contribution < 1.29 is 22.7 Å². The Morgan fingerprint density at radius 1 is 1.11 bits per heavy atom. The van der Waals surface area contributed by atoms with Crippen molar-refractivity contribution in [3.63, 3.8) is 0 Å². The van der Waals surface area contributed by atoms with Gasteiger partial charge in [-0.3, -0.25) is 9.59 Å². The number of ether oxygens (including phenoxy) is 1. The van der Waals surface area contributed by atoms with Gasteiger partial charge < -0.3 is 10.1 Å². The van der Waals surface area contributed by atoms with Crippen molar-refractivity contribution in [2.75, 3.05) is 26.7 Å². The van der Waals surface area contributed by atoms with Gasteiger partial charge in [-0.1, -0.05) is 30.3 Å². The largest absolute Gasteiger partial charge is 0.468 e. The van der Waals surface area contributed by atoms with Gasteiger partial charge in [0.1, 0.15) is 6.54 Å². The summed E-state index contributed by atoms with van der Waals surface area (Å²) in [6.45, 7) is 0.363. The highest BCUT2D eigenvalue weighted by Crippen LogP contribution is 2.26. The maximum Gasteiger partial charge on any atom is 0.325 e. The Morgan fingerprint density at radius 2 is 1.78 bits per heavy atom. The predicted molar refractivity (Wildman–Crippen MR) is 100 cm³/mol. The van der Waals surface area contributed by atoms with Gasteiger partial charge >= 0.3 is 5.97 Å². The minimum atomic E-state index is -3.60. The number of amides is 1. The van der Waals surface area contributed by atoms with Crippen LogP contribution in [0.25, 0.3) is 10.8 Å². The van der Waals surface area contributed by atoms with Crippen LogP contribution in [-0.2, 0) is 24.3 Å². The number of carbonyl (C=O) groups excluding carboxylic acids is 2. The third-order valence-electron chi connectivity index (χ3n) is 4.82. The molecule has 0 saturated carbocycles. The molecule has 1 saturated heterocycles. The maximum atomic E-state index is 12.9. The standard InChI is InChI=1S/C19H22N2O5S/c1-26-18(22)13-20-19(23)15-8-10-21(11-9-15)27(24,25)17-7-6-14-4-2-3-5-16(14)12-17/h2-7,12,15H,8-11,13H2,1H3,(H,20,23). The zero-order chi connectivity index (χ0) is 19.4. The number of sulfonamides is 1. The van der Waals surface area contributed by atoms with Gasteiger partial charge in [0, 0.05) is 19.0 Å². The lowest BCUT2D eigenvalue weighted by Crippen LogP contribution is -2.43.